The van der Waals surface area contributed by atoms with E-state index in [0.717, 1.165) is 11.1 Å². The summed E-state index contributed by atoms with van der Waals surface area (Å²) in [5, 5.41) is 11.3. The molecule has 8 heteroatoms. The predicted octanol–water partition coefficient (Wildman–Crippen LogP) is 3.66. The van der Waals surface area contributed by atoms with Gasteiger partial charge in [-0.05, 0) is 26.3 Å². The highest BCUT2D eigenvalue weighted by molar-refractivity contribution is 5.93. The number of aryl methyl sites for hydroxylation is 1. The summed E-state index contributed by atoms with van der Waals surface area (Å²) in [5.74, 6) is 1.57. The zero-order valence-corrected chi connectivity index (χ0v) is 16.2. The molecular formula is C19H24N6O2. The third-order valence-electron chi connectivity index (χ3n) is 4.01. The van der Waals surface area contributed by atoms with E-state index >= 15 is 0 Å². The van der Waals surface area contributed by atoms with Gasteiger partial charge in [0.2, 0.25) is 5.89 Å². The van der Waals surface area contributed by atoms with Crippen LogP contribution in [-0.4, -0.2) is 37.9 Å². The molecule has 0 spiro atoms. The highest BCUT2D eigenvalue weighted by Gasteiger charge is 2.24. The van der Waals surface area contributed by atoms with Crippen LogP contribution in [0.5, 0.6) is 0 Å². The zero-order chi connectivity index (χ0) is 19.6. The Bertz CT molecular complexity index is 923. The molecule has 27 heavy (non-hydrogen) atoms. The lowest BCUT2D eigenvalue weighted by Crippen LogP contribution is -2.34. The molecular weight excluding hydrogens is 344 g/mol. The number of rotatable bonds is 4. The number of hydrogen-bond acceptors (Lipinski definition) is 5. The van der Waals surface area contributed by atoms with E-state index in [4.69, 9.17) is 4.52 Å². The van der Waals surface area contributed by atoms with Gasteiger partial charge in [0.25, 0.3) is 0 Å². The molecule has 8 nitrogen and oxygen atoms in total. The van der Waals surface area contributed by atoms with E-state index in [9.17, 15) is 4.79 Å². The molecule has 0 aliphatic carbocycles. The molecule has 3 rings (SSSR count). The number of urea groups is 1. The first-order valence-corrected chi connectivity index (χ1v) is 8.71. The molecule has 0 saturated carbocycles. The van der Waals surface area contributed by atoms with Crippen molar-refractivity contribution in [2.45, 2.75) is 39.8 Å². The topological polar surface area (TPSA) is 89.1 Å². The quantitative estimate of drug-likeness (QED) is 0.759. The normalized spacial score (nSPS) is 11.4. The van der Waals surface area contributed by atoms with Gasteiger partial charge >= 0.3 is 6.03 Å². The average Bonchev–Trinajstić information content (AvgIpc) is 3.21. The van der Waals surface area contributed by atoms with Crippen molar-refractivity contribution < 1.29 is 9.32 Å². The number of amides is 2. The summed E-state index contributed by atoms with van der Waals surface area (Å²) in [4.78, 5) is 18.4. The third kappa shape index (κ3) is 4.16. The molecule has 0 aliphatic heterocycles. The highest BCUT2D eigenvalue weighted by atomic mass is 16.5. The second kappa shape index (κ2) is 7.22. The Hall–Kier alpha value is -3.16. The van der Waals surface area contributed by atoms with E-state index in [1.54, 1.807) is 20.2 Å². The molecule has 0 bridgehead atoms. The van der Waals surface area contributed by atoms with Crippen molar-refractivity contribution in [2.24, 2.45) is 0 Å². The number of nitrogens with one attached hydrogen (secondary N) is 1. The fourth-order valence-electron chi connectivity index (χ4n) is 2.69. The lowest BCUT2D eigenvalue weighted by molar-refractivity contribution is 0.218. The molecule has 2 aromatic heterocycles. The minimum Gasteiger partial charge on any atom is -0.340 e. The molecule has 3 aromatic rings. The molecule has 1 N–H and O–H groups in total. The SMILES string of the molecule is Cc1nc(CN(C)C(=O)Nc2c(-c3ccccc3)cnn2C(C)(C)C)no1. The van der Waals surface area contributed by atoms with Crippen molar-refractivity contribution in [1.29, 1.82) is 0 Å². The molecule has 1 aromatic carbocycles. The van der Waals surface area contributed by atoms with Crippen LogP contribution in [0.1, 0.15) is 32.5 Å². The Morgan fingerprint density at radius 2 is 1.96 bits per heavy atom. The van der Waals surface area contributed by atoms with Crippen LogP contribution in [-0.2, 0) is 12.1 Å². The maximum absolute atomic E-state index is 12.8. The van der Waals surface area contributed by atoms with Crippen LogP contribution in [0.3, 0.4) is 0 Å². The number of carbonyl (C=O) groups excluding carboxylic acids is 1. The number of benzene rings is 1. The first kappa shape index (κ1) is 18.6. The van der Waals surface area contributed by atoms with E-state index < -0.39 is 0 Å². The predicted molar refractivity (Wildman–Crippen MR) is 102 cm³/mol. The summed E-state index contributed by atoms with van der Waals surface area (Å²) < 4.78 is 6.78. The molecule has 142 valence electrons. The Morgan fingerprint density at radius 3 is 2.56 bits per heavy atom. The summed E-state index contributed by atoms with van der Waals surface area (Å²) >= 11 is 0. The van der Waals surface area contributed by atoms with Crippen molar-refractivity contribution in [3.63, 3.8) is 0 Å². The third-order valence-corrected chi connectivity index (χ3v) is 4.01. The van der Waals surface area contributed by atoms with Crippen LogP contribution < -0.4 is 5.32 Å². The van der Waals surface area contributed by atoms with Crippen molar-refractivity contribution in [1.82, 2.24) is 24.8 Å². The lowest BCUT2D eigenvalue weighted by Gasteiger charge is -2.24. The second-order valence-corrected chi connectivity index (χ2v) is 7.37. The van der Waals surface area contributed by atoms with Crippen molar-refractivity contribution in [3.05, 3.63) is 48.2 Å². The molecule has 0 fully saturated rings. The van der Waals surface area contributed by atoms with E-state index in [1.807, 2.05) is 55.8 Å². The van der Waals surface area contributed by atoms with Gasteiger partial charge in [-0.3, -0.25) is 5.32 Å². The molecule has 0 radical (unpaired) electrons. The minimum atomic E-state index is -0.293. The standard InChI is InChI=1S/C19H24N6O2/c1-13-21-16(23-27-13)12-24(5)18(26)22-17-15(14-9-7-6-8-10-14)11-20-25(17)19(2,3)4/h6-11H,12H2,1-5H3,(H,22,26). The molecule has 2 amide bonds. The van der Waals surface area contributed by atoms with E-state index in [1.165, 1.54) is 4.90 Å². The number of carbonyl (C=O) groups is 1. The van der Waals surface area contributed by atoms with Crippen LogP contribution in [0.2, 0.25) is 0 Å². The summed E-state index contributed by atoms with van der Waals surface area (Å²) in [7, 11) is 1.68. The maximum atomic E-state index is 12.8. The van der Waals surface area contributed by atoms with Gasteiger partial charge in [-0.25, -0.2) is 9.48 Å². The summed E-state index contributed by atoms with van der Waals surface area (Å²) in [5.41, 5.74) is 1.56. The van der Waals surface area contributed by atoms with E-state index in [2.05, 4.69) is 20.6 Å². The van der Waals surface area contributed by atoms with Crippen LogP contribution in [0.15, 0.2) is 41.1 Å². The Morgan fingerprint density at radius 1 is 1.26 bits per heavy atom. The summed E-state index contributed by atoms with van der Waals surface area (Å²) in [6.07, 6.45) is 1.78. The van der Waals surface area contributed by atoms with Gasteiger partial charge in [0.15, 0.2) is 5.82 Å². The first-order chi connectivity index (χ1) is 12.8. The van der Waals surface area contributed by atoms with Crippen LogP contribution in [0, 0.1) is 6.92 Å². The lowest BCUT2D eigenvalue weighted by atomic mass is 10.1. The number of hydrogen-bond donors (Lipinski definition) is 1. The molecule has 0 saturated heterocycles. The van der Waals surface area contributed by atoms with Crippen LogP contribution in [0.25, 0.3) is 11.1 Å². The summed E-state index contributed by atoms with van der Waals surface area (Å²) in [6.45, 7) is 8.07. The van der Waals surface area contributed by atoms with E-state index in [-0.39, 0.29) is 18.1 Å². The molecule has 0 unspecified atom stereocenters. The number of aromatic nitrogens is 4. The van der Waals surface area contributed by atoms with Gasteiger partial charge < -0.3 is 9.42 Å². The fourth-order valence-corrected chi connectivity index (χ4v) is 2.69. The van der Waals surface area contributed by atoms with Crippen molar-refractivity contribution in [2.75, 3.05) is 12.4 Å². The van der Waals surface area contributed by atoms with Gasteiger partial charge in [0.05, 0.1) is 18.3 Å². The largest absolute Gasteiger partial charge is 0.340 e. The average molecular weight is 368 g/mol. The molecule has 2 heterocycles. The van der Waals surface area contributed by atoms with Crippen LogP contribution in [0.4, 0.5) is 10.6 Å². The van der Waals surface area contributed by atoms with Crippen molar-refractivity contribution >= 4 is 11.8 Å². The minimum absolute atomic E-state index is 0.244. The number of nitrogens with zero attached hydrogens (tertiary/aromatic N) is 5. The maximum Gasteiger partial charge on any atom is 0.323 e. The van der Waals surface area contributed by atoms with E-state index in [0.29, 0.717) is 17.5 Å². The van der Waals surface area contributed by atoms with Gasteiger partial charge in [-0.1, -0.05) is 35.5 Å². The highest BCUT2D eigenvalue weighted by Crippen LogP contribution is 2.31. The summed E-state index contributed by atoms with van der Waals surface area (Å²) in [6, 6.07) is 9.58. The van der Waals surface area contributed by atoms with Gasteiger partial charge in [0, 0.05) is 19.5 Å². The molecule has 0 aliphatic rings. The monoisotopic (exact) mass is 368 g/mol. The van der Waals surface area contributed by atoms with Gasteiger partial charge in [0.1, 0.15) is 5.82 Å². The second-order valence-electron chi connectivity index (χ2n) is 7.37. The zero-order valence-electron chi connectivity index (χ0n) is 16.2. The van der Waals surface area contributed by atoms with Crippen LogP contribution >= 0.6 is 0 Å². The van der Waals surface area contributed by atoms with Gasteiger partial charge in [-0.15, -0.1) is 0 Å². The first-order valence-electron chi connectivity index (χ1n) is 8.71. The Kier molecular flexibility index (Phi) is 4.98. The fraction of sp³-hybridized carbons (Fsp3) is 0.368. The number of anilines is 1. The van der Waals surface area contributed by atoms with Gasteiger partial charge in [-0.2, -0.15) is 10.1 Å². The van der Waals surface area contributed by atoms with Crippen molar-refractivity contribution in [3.8, 4) is 11.1 Å². The Labute approximate surface area is 158 Å². The smallest absolute Gasteiger partial charge is 0.323 e. The Balaban J connectivity index is 1.88. The molecule has 0 atom stereocenters.